The number of hydrogen-bond donors (Lipinski definition) is 1. The molecule has 21 heavy (non-hydrogen) atoms. The predicted molar refractivity (Wildman–Crippen MR) is 88.7 cm³/mol. The van der Waals surface area contributed by atoms with E-state index in [0.717, 1.165) is 21.6 Å². The molecule has 0 bridgehead atoms. The van der Waals surface area contributed by atoms with E-state index >= 15 is 0 Å². The summed E-state index contributed by atoms with van der Waals surface area (Å²) in [5.74, 6) is -0.0373. The lowest BCUT2D eigenvalue weighted by atomic mass is 9.85. The third-order valence-corrected chi connectivity index (χ3v) is 4.89. The Hall–Kier alpha value is -1.90. The Labute approximate surface area is 129 Å². The van der Waals surface area contributed by atoms with Crippen molar-refractivity contribution in [2.75, 3.05) is 0 Å². The van der Waals surface area contributed by atoms with Gasteiger partial charge in [0.2, 0.25) is 0 Å². The van der Waals surface area contributed by atoms with Gasteiger partial charge in [-0.15, -0.1) is 11.3 Å². The van der Waals surface area contributed by atoms with Crippen LogP contribution >= 0.6 is 11.3 Å². The summed E-state index contributed by atoms with van der Waals surface area (Å²) >= 11 is 1.63. The van der Waals surface area contributed by atoms with Gasteiger partial charge < -0.3 is 5.11 Å². The van der Waals surface area contributed by atoms with Gasteiger partial charge in [0, 0.05) is 10.8 Å². The number of aryl methyl sites for hydroxylation is 1. The van der Waals surface area contributed by atoms with Crippen LogP contribution in [0.4, 0.5) is 0 Å². The topological polar surface area (TPSA) is 20.2 Å². The molecule has 2 heteroatoms. The van der Waals surface area contributed by atoms with E-state index in [1.807, 2.05) is 41.8 Å². The molecule has 106 valence electrons. The summed E-state index contributed by atoms with van der Waals surface area (Å²) in [6.07, 6.45) is -0.519. The second-order valence-electron chi connectivity index (χ2n) is 5.21. The quantitative estimate of drug-likeness (QED) is 0.724. The first-order chi connectivity index (χ1) is 10.3. The molecule has 0 aliphatic heterocycles. The Morgan fingerprint density at radius 2 is 1.33 bits per heavy atom. The Balaban J connectivity index is 2.07. The number of hydrogen-bond acceptors (Lipinski definition) is 2. The van der Waals surface area contributed by atoms with Gasteiger partial charge in [-0.2, -0.15) is 0 Å². The summed E-state index contributed by atoms with van der Waals surface area (Å²) in [6, 6.07) is 22.5. The molecule has 1 aromatic heterocycles. The number of rotatable bonds is 4. The molecule has 0 radical (unpaired) electrons. The summed E-state index contributed by atoms with van der Waals surface area (Å²) in [5.41, 5.74) is 3.44. The smallest absolute Gasteiger partial charge is 0.0993 e. The first-order valence-corrected chi connectivity index (χ1v) is 7.97. The van der Waals surface area contributed by atoms with Crippen LogP contribution in [0.1, 0.15) is 33.6 Å². The Bertz CT molecular complexity index is 648. The van der Waals surface area contributed by atoms with E-state index < -0.39 is 6.10 Å². The van der Waals surface area contributed by atoms with Gasteiger partial charge in [0.05, 0.1) is 6.10 Å². The van der Waals surface area contributed by atoms with Crippen molar-refractivity contribution in [1.29, 1.82) is 0 Å². The van der Waals surface area contributed by atoms with Gasteiger partial charge in [0.15, 0.2) is 0 Å². The summed E-state index contributed by atoms with van der Waals surface area (Å²) in [4.78, 5) is 1.05. The van der Waals surface area contributed by atoms with Crippen LogP contribution in [0, 0.1) is 6.92 Å². The number of aliphatic hydroxyl groups is 1. The van der Waals surface area contributed by atoms with Crippen molar-refractivity contribution >= 4 is 11.3 Å². The summed E-state index contributed by atoms with van der Waals surface area (Å²) in [6.45, 7) is 2.06. The molecule has 0 saturated carbocycles. The minimum absolute atomic E-state index is 0.0373. The van der Waals surface area contributed by atoms with E-state index in [1.54, 1.807) is 11.3 Å². The average Bonchev–Trinajstić information content (AvgIpc) is 2.96. The van der Waals surface area contributed by atoms with Gasteiger partial charge in [-0.3, -0.25) is 0 Å². The molecule has 3 rings (SSSR count). The molecule has 0 amide bonds. The third-order valence-electron chi connectivity index (χ3n) is 3.80. The highest BCUT2D eigenvalue weighted by molar-refractivity contribution is 7.10. The van der Waals surface area contributed by atoms with Crippen molar-refractivity contribution in [1.82, 2.24) is 0 Å². The molecule has 1 N–H and O–H groups in total. The fraction of sp³-hybridized carbons (Fsp3) is 0.158. The SMILES string of the molecule is Cc1ccsc1C(O)C(c1ccccc1)c1ccccc1. The van der Waals surface area contributed by atoms with Gasteiger partial charge in [0.25, 0.3) is 0 Å². The lowest BCUT2D eigenvalue weighted by Gasteiger charge is -2.24. The average molecular weight is 294 g/mol. The lowest BCUT2D eigenvalue weighted by molar-refractivity contribution is 0.162. The van der Waals surface area contributed by atoms with Crippen molar-refractivity contribution in [3.8, 4) is 0 Å². The Kier molecular flexibility index (Phi) is 4.18. The summed E-state index contributed by atoms with van der Waals surface area (Å²) in [5, 5.41) is 13.0. The molecular weight excluding hydrogens is 276 g/mol. The van der Waals surface area contributed by atoms with Gasteiger partial charge in [-0.05, 0) is 35.1 Å². The molecule has 2 aromatic carbocycles. The Morgan fingerprint density at radius 1 is 0.810 bits per heavy atom. The maximum Gasteiger partial charge on any atom is 0.0993 e. The standard InChI is InChI=1S/C19H18OS/c1-14-12-13-21-19(14)18(20)17(15-8-4-2-5-9-15)16-10-6-3-7-11-16/h2-13,17-18,20H,1H3. The highest BCUT2D eigenvalue weighted by Crippen LogP contribution is 2.39. The van der Waals surface area contributed by atoms with Crippen molar-refractivity contribution in [3.05, 3.63) is 93.7 Å². The minimum atomic E-state index is -0.519. The third kappa shape index (κ3) is 2.92. The molecule has 1 nitrogen and oxygen atoms in total. The minimum Gasteiger partial charge on any atom is -0.387 e. The van der Waals surface area contributed by atoms with Crippen LogP contribution in [0.5, 0.6) is 0 Å². The van der Waals surface area contributed by atoms with E-state index in [0.29, 0.717) is 0 Å². The second-order valence-corrected chi connectivity index (χ2v) is 6.16. The molecule has 0 saturated heterocycles. The molecule has 3 aromatic rings. The summed E-state index contributed by atoms with van der Waals surface area (Å²) in [7, 11) is 0. The fourth-order valence-electron chi connectivity index (χ4n) is 2.72. The number of aliphatic hydroxyl groups excluding tert-OH is 1. The van der Waals surface area contributed by atoms with E-state index in [-0.39, 0.29) is 5.92 Å². The van der Waals surface area contributed by atoms with Crippen LogP contribution in [0.2, 0.25) is 0 Å². The van der Waals surface area contributed by atoms with Crippen LogP contribution in [-0.2, 0) is 0 Å². The van der Waals surface area contributed by atoms with Crippen LogP contribution < -0.4 is 0 Å². The van der Waals surface area contributed by atoms with E-state index in [4.69, 9.17) is 0 Å². The zero-order valence-corrected chi connectivity index (χ0v) is 12.8. The largest absolute Gasteiger partial charge is 0.387 e. The maximum atomic E-state index is 11.0. The van der Waals surface area contributed by atoms with Crippen LogP contribution in [0.3, 0.4) is 0 Å². The van der Waals surface area contributed by atoms with Gasteiger partial charge >= 0.3 is 0 Å². The Morgan fingerprint density at radius 3 is 1.76 bits per heavy atom. The van der Waals surface area contributed by atoms with Crippen molar-refractivity contribution in [2.45, 2.75) is 18.9 Å². The molecule has 1 atom stereocenters. The highest BCUT2D eigenvalue weighted by Gasteiger charge is 2.26. The number of thiophene rings is 1. The van der Waals surface area contributed by atoms with Crippen molar-refractivity contribution in [3.63, 3.8) is 0 Å². The predicted octanol–water partition coefficient (Wildman–Crippen LogP) is 4.92. The molecule has 1 heterocycles. The zero-order chi connectivity index (χ0) is 14.7. The van der Waals surface area contributed by atoms with Crippen molar-refractivity contribution < 1.29 is 5.11 Å². The maximum absolute atomic E-state index is 11.0. The van der Waals surface area contributed by atoms with E-state index in [9.17, 15) is 5.11 Å². The monoisotopic (exact) mass is 294 g/mol. The highest BCUT2D eigenvalue weighted by atomic mass is 32.1. The molecule has 0 spiro atoms. The first kappa shape index (κ1) is 14.1. The second kappa shape index (κ2) is 6.25. The van der Waals surface area contributed by atoms with Gasteiger partial charge in [-0.1, -0.05) is 60.7 Å². The van der Waals surface area contributed by atoms with Gasteiger partial charge in [0.1, 0.15) is 0 Å². The zero-order valence-electron chi connectivity index (χ0n) is 11.9. The molecule has 0 aliphatic rings. The first-order valence-electron chi connectivity index (χ1n) is 7.09. The van der Waals surface area contributed by atoms with Crippen molar-refractivity contribution in [2.24, 2.45) is 0 Å². The number of benzene rings is 2. The van der Waals surface area contributed by atoms with Gasteiger partial charge in [-0.25, -0.2) is 0 Å². The van der Waals surface area contributed by atoms with E-state index in [2.05, 4.69) is 37.3 Å². The van der Waals surface area contributed by atoms with Crippen LogP contribution in [0.15, 0.2) is 72.1 Å². The van der Waals surface area contributed by atoms with Crippen LogP contribution in [-0.4, -0.2) is 5.11 Å². The molecule has 0 aliphatic carbocycles. The molecule has 0 fully saturated rings. The van der Waals surface area contributed by atoms with E-state index in [1.165, 1.54) is 0 Å². The fourth-order valence-corrected chi connectivity index (χ4v) is 3.66. The normalized spacial score (nSPS) is 12.5. The van der Waals surface area contributed by atoms with Crippen LogP contribution in [0.25, 0.3) is 0 Å². The molecule has 1 unspecified atom stereocenters. The summed E-state index contributed by atoms with van der Waals surface area (Å²) < 4.78 is 0. The molecular formula is C19H18OS. The lowest BCUT2D eigenvalue weighted by Crippen LogP contribution is -2.12.